The predicted octanol–water partition coefficient (Wildman–Crippen LogP) is 5.96. The summed E-state index contributed by atoms with van der Waals surface area (Å²) in [6, 6.07) is 37.5. The summed E-state index contributed by atoms with van der Waals surface area (Å²) in [4.78, 5) is 25.5. The number of rotatable bonds is 14. The zero-order valence-corrected chi connectivity index (χ0v) is 25.7. The maximum absolute atomic E-state index is 13.2. The molecular formula is C37H39NO8. The molecule has 1 saturated heterocycles. The van der Waals surface area contributed by atoms with Crippen LogP contribution in [0.5, 0.6) is 0 Å². The van der Waals surface area contributed by atoms with E-state index in [1.54, 1.807) is 0 Å². The van der Waals surface area contributed by atoms with Crippen molar-refractivity contribution >= 4 is 12.1 Å². The molecule has 4 aromatic carbocycles. The van der Waals surface area contributed by atoms with Crippen molar-refractivity contribution in [3.63, 3.8) is 0 Å². The molecule has 1 N–H and O–H groups in total. The number of carbonyl (C=O) groups is 2. The van der Waals surface area contributed by atoms with Crippen LogP contribution in [0.3, 0.4) is 0 Å². The van der Waals surface area contributed by atoms with Gasteiger partial charge in [0.2, 0.25) is 6.29 Å². The molecule has 1 aliphatic rings. The van der Waals surface area contributed by atoms with Crippen molar-refractivity contribution in [2.24, 2.45) is 0 Å². The van der Waals surface area contributed by atoms with Crippen LogP contribution in [0.25, 0.3) is 0 Å². The van der Waals surface area contributed by atoms with Gasteiger partial charge in [-0.25, -0.2) is 4.79 Å². The molecule has 0 saturated carbocycles. The van der Waals surface area contributed by atoms with Crippen molar-refractivity contribution in [2.45, 2.75) is 64.0 Å². The fourth-order valence-corrected chi connectivity index (χ4v) is 5.16. The van der Waals surface area contributed by atoms with Crippen LogP contribution in [0.1, 0.15) is 29.2 Å². The minimum Gasteiger partial charge on any atom is -0.445 e. The van der Waals surface area contributed by atoms with Gasteiger partial charge in [-0.3, -0.25) is 4.79 Å². The van der Waals surface area contributed by atoms with Crippen LogP contribution in [-0.2, 0) is 59.6 Å². The highest BCUT2D eigenvalue weighted by Gasteiger charge is 2.50. The van der Waals surface area contributed by atoms with E-state index in [1.165, 1.54) is 6.92 Å². The Morgan fingerprint density at radius 3 is 1.59 bits per heavy atom. The van der Waals surface area contributed by atoms with Gasteiger partial charge in [0.15, 0.2) is 0 Å². The normalized spacial score (nSPS) is 20.8. The van der Waals surface area contributed by atoms with Crippen molar-refractivity contribution in [1.82, 2.24) is 5.32 Å². The number of ether oxygens (including phenoxy) is 6. The van der Waals surface area contributed by atoms with E-state index >= 15 is 0 Å². The monoisotopic (exact) mass is 625 g/mol. The fraction of sp³-hybridized carbons (Fsp3) is 0.297. The Kier molecular flexibility index (Phi) is 12.3. The molecule has 0 bridgehead atoms. The lowest BCUT2D eigenvalue weighted by Crippen LogP contribution is -2.66. The topological polar surface area (TPSA) is 102 Å². The van der Waals surface area contributed by atoms with Crippen LogP contribution >= 0.6 is 0 Å². The highest BCUT2D eigenvalue weighted by Crippen LogP contribution is 2.29. The van der Waals surface area contributed by atoms with Gasteiger partial charge in [-0.05, 0) is 22.3 Å². The van der Waals surface area contributed by atoms with Gasteiger partial charge >= 0.3 is 12.1 Å². The quantitative estimate of drug-likeness (QED) is 0.172. The van der Waals surface area contributed by atoms with E-state index < -0.39 is 42.7 Å². The first-order valence-corrected chi connectivity index (χ1v) is 15.3. The van der Waals surface area contributed by atoms with Gasteiger partial charge in [-0.15, -0.1) is 0 Å². The number of nitrogens with one attached hydrogen (secondary N) is 1. The minimum atomic E-state index is -1.20. The Hall–Kier alpha value is -4.54. The zero-order chi connectivity index (χ0) is 32.0. The molecule has 1 heterocycles. The Morgan fingerprint density at radius 1 is 0.630 bits per heavy atom. The molecule has 0 unspecified atom stereocenters. The van der Waals surface area contributed by atoms with Crippen LogP contribution in [0.2, 0.25) is 0 Å². The molecule has 1 aliphatic heterocycles. The van der Waals surface area contributed by atoms with Crippen LogP contribution in [0, 0.1) is 0 Å². The van der Waals surface area contributed by atoms with Gasteiger partial charge in [0.1, 0.15) is 31.0 Å². The van der Waals surface area contributed by atoms with Crippen LogP contribution in [0.4, 0.5) is 4.79 Å². The van der Waals surface area contributed by atoms with Crippen molar-refractivity contribution in [1.29, 1.82) is 0 Å². The summed E-state index contributed by atoms with van der Waals surface area (Å²) in [6.07, 6.45) is -4.19. The Balaban J connectivity index is 1.41. The second-order valence-corrected chi connectivity index (χ2v) is 10.9. The molecule has 4 aromatic rings. The molecule has 0 aliphatic carbocycles. The zero-order valence-electron chi connectivity index (χ0n) is 25.7. The predicted molar refractivity (Wildman–Crippen MR) is 170 cm³/mol. The Bertz CT molecular complexity index is 1470. The smallest absolute Gasteiger partial charge is 0.408 e. The van der Waals surface area contributed by atoms with Crippen LogP contribution in [0.15, 0.2) is 121 Å². The number of alkyl carbamates (subject to hydrolysis) is 1. The van der Waals surface area contributed by atoms with Crippen molar-refractivity contribution in [3.8, 4) is 0 Å². The highest BCUT2D eigenvalue weighted by atomic mass is 16.7. The maximum Gasteiger partial charge on any atom is 0.408 e. The van der Waals surface area contributed by atoms with E-state index in [0.29, 0.717) is 6.61 Å². The van der Waals surface area contributed by atoms with E-state index in [9.17, 15) is 9.59 Å². The van der Waals surface area contributed by atoms with Gasteiger partial charge in [0, 0.05) is 6.92 Å². The lowest BCUT2D eigenvalue weighted by molar-refractivity contribution is -0.282. The van der Waals surface area contributed by atoms with E-state index in [1.807, 2.05) is 121 Å². The molecule has 9 nitrogen and oxygen atoms in total. The number of carbonyl (C=O) groups excluding carboxylic acids is 2. The second-order valence-electron chi connectivity index (χ2n) is 10.9. The molecule has 240 valence electrons. The Labute approximate surface area is 269 Å². The first kappa shape index (κ1) is 32.8. The third-order valence-electron chi connectivity index (χ3n) is 7.39. The van der Waals surface area contributed by atoms with Crippen LogP contribution in [-0.4, -0.2) is 49.3 Å². The van der Waals surface area contributed by atoms with Gasteiger partial charge in [0.05, 0.1) is 26.4 Å². The van der Waals surface area contributed by atoms with E-state index in [2.05, 4.69) is 5.32 Å². The maximum atomic E-state index is 13.2. The van der Waals surface area contributed by atoms with Gasteiger partial charge in [0.25, 0.3) is 0 Å². The molecule has 9 heteroatoms. The summed E-state index contributed by atoms with van der Waals surface area (Å²) in [6.45, 7) is 2.25. The van der Waals surface area contributed by atoms with Crippen molar-refractivity contribution in [3.05, 3.63) is 144 Å². The molecule has 1 fully saturated rings. The highest BCUT2D eigenvalue weighted by molar-refractivity contribution is 5.68. The average Bonchev–Trinajstić information content (AvgIpc) is 3.08. The van der Waals surface area contributed by atoms with E-state index in [0.717, 1.165) is 22.3 Å². The Morgan fingerprint density at radius 2 is 1.09 bits per heavy atom. The van der Waals surface area contributed by atoms with Gasteiger partial charge in [-0.2, -0.15) is 0 Å². The van der Waals surface area contributed by atoms with E-state index in [4.69, 9.17) is 28.4 Å². The largest absolute Gasteiger partial charge is 0.445 e. The van der Waals surface area contributed by atoms with Crippen molar-refractivity contribution < 1.29 is 38.0 Å². The minimum absolute atomic E-state index is 0.0535. The van der Waals surface area contributed by atoms with Crippen LogP contribution < -0.4 is 5.32 Å². The molecular weight excluding hydrogens is 586 g/mol. The fourth-order valence-electron chi connectivity index (χ4n) is 5.16. The molecule has 1 amide bonds. The van der Waals surface area contributed by atoms with E-state index in [-0.39, 0.29) is 26.4 Å². The summed E-state index contributed by atoms with van der Waals surface area (Å²) < 4.78 is 36.7. The summed E-state index contributed by atoms with van der Waals surface area (Å²) in [5.41, 5.74) is 3.68. The summed E-state index contributed by atoms with van der Waals surface area (Å²) in [7, 11) is 0. The number of hydrogen-bond acceptors (Lipinski definition) is 8. The number of esters is 1. The molecule has 0 radical (unpaired) electrons. The SMILES string of the molecule is CC(=O)O[C@H]1O[C@H](COCc2ccccc2)[C@@H](OCc2ccccc2)[C@H](OCc2ccccc2)[C@H]1NC(=O)OCc1ccccc1. The molecule has 5 atom stereocenters. The summed E-state index contributed by atoms with van der Waals surface area (Å²) in [5, 5.41) is 2.85. The third-order valence-corrected chi connectivity index (χ3v) is 7.39. The average molecular weight is 626 g/mol. The summed E-state index contributed by atoms with van der Waals surface area (Å²) >= 11 is 0. The summed E-state index contributed by atoms with van der Waals surface area (Å²) in [5.74, 6) is -0.580. The number of amides is 1. The van der Waals surface area contributed by atoms with Gasteiger partial charge in [-0.1, -0.05) is 121 Å². The first-order valence-electron chi connectivity index (χ1n) is 15.3. The first-order chi connectivity index (χ1) is 22.5. The number of hydrogen-bond donors (Lipinski definition) is 1. The molecule has 0 spiro atoms. The molecule has 0 aromatic heterocycles. The number of benzene rings is 4. The standard InChI is InChI=1S/C37H39NO8/c1-27(39)45-36-33(38-37(40)44-25-31-20-12-5-13-21-31)35(43-24-30-18-10-4-11-19-30)34(42-23-29-16-8-3-9-17-29)32(46-36)26-41-22-28-14-6-2-7-15-28/h2-21,32-36H,22-26H2,1H3,(H,38,40)/t32-,33-,34-,35-,36+/m1/s1. The lowest BCUT2D eigenvalue weighted by atomic mass is 9.96. The van der Waals surface area contributed by atoms with Gasteiger partial charge < -0.3 is 33.7 Å². The van der Waals surface area contributed by atoms with Crippen molar-refractivity contribution in [2.75, 3.05) is 6.61 Å². The third kappa shape index (κ3) is 9.98. The molecule has 5 rings (SSSR count). The lowest BCUT2D eigenvalue weighted by Gasteiger charge is -2.45. The second kappa shape index (κ2) is 17.2. The molecule has 46 heavy (non-hydrogen) atoms.